The number of anilines is 1. The number of carbonyl (C=O) groups excluding carboxylic acids is 1. The van der Waals surface area contributed by atoms with Crippen molar-refractivity contribution in [2.75, 3.05) is 11.9 Å². The summed E-state index contributed by atoms with van der Waals surface area (Å²) < 4.78 is 5.38. The number of carboxylic acid groups (broad SMARTS) is 1. The van der Waals surface area contributed by atoms with E-state index in [0.717, 1.165) is 0 Å². The van der Waals surface area contributed by atoms with Crippen LogP contribution >= 0.6 is 0 Å². The maximum absolute atomic E-state index is 11.7. The number of nitrogens with one attached hydrogen (secondary N) is 1. The van der Waals surface area contributed by atoms with Gasteiger partial charge in [-0.1, -0.05) is 18.2 Å². The quantitative estimate of drug-likeness (QED) is 0.836. The first-order valence-electron chi connectivity index (χ1n) is 6.19. The van der Waals surface area contributed by atoms with Crippen LogP contribution in [0.25, 0.3) is 0 Å². The van der Waals surface area contributed by atoms with Crippen LogP contribution in [0.3, 0.4) is 0 Å². The van der Waals surface area contributed by atoms with Gasteiger partial charge in [0.05, 0.1) is 13.0 Å². The molecule has 21 heavy (non-hydrogen) atoms. The number of hydrogen-bond acceptors (Lipinski definition) is 5. The first-order chi connectivity index (χ1) is 10.2. The highest BCUT2D eigenvalue weighted by Gasteiger charge is 2.14. The largest absolute Gasteiger partial charge is 0.493 e. The molecule has 0 atom stereocenters. The van der Waals surface area contributed by atoms with E-state index in [1.165, 1.54) is 12.4 Å². The Hall–Kier alpha value is -2.96. The van der Waals surface area contributed by atoms with Gasteiger partial charge >= 0.3 is 5.97 Å². The van der Waals surface area contributed by atoms with Gasteiger partial charge in [-0.25, -0.2) is 14.8 Å². The molecule has 0 spiro atoms. The number of benzene rings is 1. The number of nitrogens with zero attached hydrogens (tertiary/aromatic N) is 2. The molecule has 1 amide bonds. The second kappa shape index (κ2) is 6.99. The molecule has 2 N–H and O–H groups in total. The molecule has 7 nitrogen and oxygen atoms in total. The number of rotatable bonds is 6. The van der Waals surface area contributed by atoms with Crippen LogP contribution in [0.5, 0.6) is 5.75 Å². The highest BCUT2D eigenvalue weighted by atomic mass is 16.5. The van der Waals surface area contributed by atoms with Crippen LogP contribution in [-0.2, 0) is 4.79 Å². The molecule has 1 aromatic carbocycles. The van der Waals surface area contributed by atoms with Gasteiger partial charge in [-0.15, -0.1) is 0 Å². The minimum Gasteiger partial charge on any atom is -0.493 e. The molecule has 2 aromatic rings. The van der Waals surface area contributed by atoms with E-state index in [0.29, 0.717) is 5.75 Å². The Morgan fingerprint density at radius 2 is 1.86 bits per heavy atom. The summed E-state index contributed by atoms with van der Waals surface area (Å²) in [6.07, 6.45) is 2.63. The van der Waals surface area contributed by atoms with Crippen molar-refractivity contribution in [2.45, 2.75) is 6.42 Å². The maximum atomic E-state index is 11.7. The third-order valence-electron chi connectivity index (χ3n) is 2.50. The lowest BCUT2D eigenvalue weighted by Crippen LogP contribution is -2.18. The van der Waals surface area contributed by atoms with Crippen LogP contribution in [0.2, 0.25) is 0 Å². The van der Waals surface area contributed by atoms with Crippen LogP contribution in [0.1, 0.15) is 16.9 Å². The second-order valence-corrected chi connectivity index (χ2v) is 4.02. The van der Waals surface area contributed by atoms with E-state index >= 15 is 0 Å². The van der Waals surface area contributed by atoms with E-state index in [-0.39, 0.29) is 24.5 Å². The van der Waals surface area contributed by atoms with Gasteiger partial charge in [-0.05, 0) is 12.1 Å². The van der Waals surface area contributed by atoms with Gasteiger partial charge in [-0.3, -0.25) is 4.79 Å². The molecule has 1 heterocycles. The summed E-state index contributed by atoms with van der Waals surface area (Å²) in [5.74, 6) is -1.06. The van der Waals surface area contributed by atoms with Crippen molar-refractivity contribution in [2.24, 2.45) is 0 Å². The average molecular weight is 287 g/mol. The highest BCUT2D eigenvalue weighted by molar-refractivity contribution is 5.97. The fourth-order valence-corrected chi connectivity index (χ4v) is 1.56. The lowest BCUT2D eigenvalue weighted by Gasteiger charge is -2.07. The Labute approximate surface area is 120 Å². The van der Waals surface area contributed by atoms with Crippen molar-refractivity contribution in [3.05, 3.63) is 48.4 Å². The molecule has 0 saturated heterocycles. The summed E-state index contributed by atoms with van der Waals surface area (Å²) in [7, 11) is 0. The predicted octanol–water partition coefficient (Wildman–Crippen LogP) is 1.58. The number of ether oxygens (including phenoxy) is 1. The lowest BCUT2D eigenvalue weighted by molar-refractivity contribution is -0.116. The Morgan fingerprint density at radius 3 is 2.57 bits per heavy atom. The molecule has 0 aliphatic carbocycles. The molecule has 0 bridgehead atoms. The Balaban J connectivity index is 1.86. The number of carbonyl (C=O) groups is 2. The summed E-state index contributed by atoms with van der Waals surface area (Å²) in [5.41, 5.74) is -0.296. The summed E-state index contributed by atoms with van der Waals surface area (Å²) in [4.78, 5) is 30.1. The van der Waals surface area contributed by atoms with Crippen LogP contribution in [0.15, 0.2) is 42.7 Å². The lowest BCUT2D eigenvalue weighted by atomic mass is 10.3. The molecular weight excluding hydrogens is 274 g/mol. The normalized spacial score (nSPS) is 9.90. The zero-order valence-electron chi connectivity index (χ0n) is 11.0. The van der Waals surface area contributed by atoms with Crippen molar-refractivity contribution in [1.29, 1.82) is 0 Å². The molecule has 0 unspecified atom stereocenters. The highest BCUT2D eigenvalue weighted by Crippen LogP contribution is 2.10. The van der Waals surface area contributed by atoms with E-state index in [2.05, 4.69) is 15.3 Å². The zero-order valence-corrected chi connectivity index (χ0v) is 11.0. The van der Waals surface area contributed by atoms with Gasteiger partial charge in [0, 0.05) is 12.4 Å². The Kier molecular flexibility index (Phi) is 4.81. The van der Waals surface area contributed by atoms with Gasteiger partial charge in [-0.2, -0.15) is 0 Å². The van der Waals surface area contributed by atoms with E-state index < -0.39 is 11.9 Å². The predicted molar refractivity (Wildman–Crippen MR) is 74.2 cm³/mol. The molecule has 7 heteroatoms. The van der Waals surface area contributed by atoms with Crippen molar-refractivity contribution < 1.29 is 19.4 Å². The number of hydrogen-bond donors (Lipinski definition) is 2. The second-order valence-electron chi connectivity index (χ2n) is 4.02. The summed E-state index contributed by atoms with van der Waals surface area (Å²) in [6, 6.07) is 9.08. The topological polar surface area (TPSA) is 101 Å². The maximum Gasteiger partial charge on any atom is 0.358 e. The van der Waals surface area contributed by atoms with Gasteiger partial charge < -0.3 is 15.2 Å². The molecule has 0 saturated carbocycles. The number of aromatic nitrogens is 2. The van der Waals surface area contributed by atoms with Gasteiger partial charge in [0.2, 0.25) is 5.91 Å². The number of carboxylic acids is 1. The van der Waals surface area contributed by atoms with Crippen molar-refractivity contribution >= 4 is 17.7 Å². The molecule has 1 aromatic heterocycles. The van der Waals surface area contributed by atoms with Crippen LogP contribution < -0.4 is 10.1 Å². The molecule has 0 aliphatic rings. The zero-order chi connectivity index (χ0) is 15.1. The van der Waals surface area contributed by atoms with E-state index in [4.69, 9.17) is 9.84 Å². The van der Waals surface area contributed by atoms with E-state index in [9.17, 15) is 9.59 Å². The van der Waals surface area contributed by atoms with Crippen LogP contribution in [-0.4, -0.2) is 33.6 Å². The third-order valence-corrected chi connectivity index (χ3v) is 2.50. The standard InChI is InChI=1S/C14H13N3O4/c18-11(6-9-21-10-4-2-1-3-5-10)17-13-12(14(19)20)15-7-8-16-13/h1-5,7-8H,6,9H2,(H,19,20)(H,16,17,18). The average Bonchev–Trinajstić information content (AvgIpc) is 2.48. The van der Waals surface area contributed by atoms with E-state index in [1.54, 1.807) is 12.1 Å². The third kappa shape index (κ3) is 4.27. The van der Waals surface area contributed by atoms with Crippen molar-refractivity contribution in [3.8, 4) is 5.75 Å². The molecule has 0 radical (unpaired) electrons. The summed E-state index contributed by atoms with van der Waals surface area (Å²) in [5, 5.41) is 11.3. The molecular formula is C14H13N3O4. The number of aromatic carboxylic acids is 1. The molecule has 0 fully saturated rings. The summed E-state index contributed by atoms with van der Waals surface area (Å²) >= 11 is 0. The molecule has 0 aliphatic heterocycles. The van der Waals surface area contributed by atoms with Crippen molar-refractivity contribution in [1.82, 2.24) is 9.97 Å². The fourth-order valence-electron chi connectivity index (χ4n) is 1.56. The first kappa shape index (κ1) is 14.4. The smallest absolute Gasteiger partial charge is 0.358 e. The van der Waals surface area contributed by atoms with Crippen LogP contribution in [0, 0.1) is 0 Å². The summed E-state index contributed by atoms with van der Waals surface area (Å²) in [6.45, 7) is 0.179. The van der Waals surface area contributed by atoms with E-state index in [1.807, 2.05) is 18.2 Å². The minimum atomic E-state index is -1.25. The van der Waals surface area contributed by atoms with Crippen molar-refractivity contribution in [3.63, 3.8) is 0 Å². The Morgan fingerprint density at radius 1 is 1.14 bits per heavy atom. The minimum absolute atomic E-state index is 0.0739. The monoisotopic (exact) mass is 287 g/mol. The van der Waals surface area contributed by atoms with Gasteiger partial charge in [0.25, 0.3) is 0 Å². The first-order valence-corrected chi connectivity index (χ1v) is 6.19. The fraction of sp³-hybridized carbons (Fsp3) is 0.143. The van der Waals surface area contributed by atoms with Gasteiger partial charge in [0.15, 0.2) is 11.5 Å². The van der Waals surface area contributed by atoms with Crippen LogP contribution in [0.4, 0.5) is 5.82 Å². The number of amides is 1. The van der Waals surface area contributed by atoms with Gasteiger partial charge in [0.1, 0.15) is 5.75 Å². The molecule has 108 valence electrons. The Bertz CT molecular complexity index is 631. The number of para-hydroxylation sites is 1. The molecule has 2 rings (SSSR count). The SMILES string of the molecule is O=C(CCOc1ccccc1)Nc1nccnc1C(=O)O.